The molecular formula is C19H27N3O3S2. The van der Waals surface area contributed by atoms with E-state index in [9.17, 15) is 9.59 Å². The van der Waals surface area contributed by atoms with E-state index in [4.69, 9.17) is 9.72 Å². The van der Waals surface area contributed by atoms with Crippen LogP contribution in [0.2, 0.25) is 0 Å². The minimum atomic E-state index is -0.0413. The molecule has 6 nitrogen and oxygen atoms in total. The molecule has 2 aromatic rings. The first-order valence-corrected chi connectivity index (χ1v) is 11.1. The first-order chi connectivity index (χ1) is 12.9. The quantitative estimate of drug-likeness (QED) is 0.542. The molecule has 0 spiro atoms. The average Bonchev–Trinajstić information content (AvgIpc) is 2.93. The van der Waals surface area contributed by atoms with Crippen molar-refractivity contribution in [2.24, 2.45) is 5.92 Å². The fraction of sp³-hybridized carbons (Fsp3) is 0.632. The molecule has 1 saturated heterocycles. The van der Waals surface area contributed by atoms with Gasteiger partial charge in [0.05, 0.1) is 24.3 Å². The first kappa shape index (κ1) is 20.4. The molecule has 1 aliphatic heterocycles. The van der Waals surface area contributed by atoms with Crippen LogP contribution in [-0.4, -0.2) is 52.9 Å². The molecule has 27 heavy (non-hydrogen) atoms. The van der Waals surface area contributed by atoms with Gasteiger partial charge >= 0.3 is 0 Å². The van der Waals surface area contributed by atoms with Crippen LogP contribution in [-0.2, 0) is 16.1 Å². The standard InChI is InChI=1S/C19H27N3O3S2/c1-12-6-5-7-21(10-12)15(23)11-26-19-20-17-16(13(2)14(3)27-17)18(24)22(19)8-9-25-4/h12H,5-11H2,1-4H3/t12-/m1/s1. The normalized spacial score (nSPS) is 17.6. The van der Waals surface area contributed by atoms with Gasteiger partial charge in [0, 0.05) is 25.1 Å². The van der Waals surface area contributed by atoms with Crippen molar-refractivity contribution in [3.8, 4) is 0 Å². The van der Waals surface area contributed by atoms with Crippen LogP contribution in [0.25, 0.3) is 10.2 Å². The Morgan fingerprint density at radius 3 is 2.89 bits per heavy atom. The number of aryl methyl sites for hydroxylation is 2. The van der Waals surface area contributed by atoms with E-state index >= 15 is 0 Å². The van der Waals surface area contributed by atoms with Gasteiger partial charge in [-0.05, 0) is 38.2 Å². The van der Waals surface area contributed by atoms with Crippen LogP contribution >= 0.6 is 23.1 Å². The Hall–Kier alpha value is -1.38. The van der Waals surface area contributed by atoms with E-state index in [1.165, 1.54) is 29.5 Å². The van der Waals surface area contributed by atoms with Gasteiger partial charge < -0.3 is 9.64 Å². The SMILES string of the molecule is COCCn1c(SCC(=O)N2CCC[C@@H](C)C2)nc2sc(C)c(C)c2c1=O. The molecular weight excluding hydrogens is 382 g/mol. The number of methoxy groups -OCH3 is 1. The number of nitrogens with zero attached hydrogens (tertiary/aromatic N) is 3. The van der Waals surface area contributed by atoms with Crippen LogP contribution < -0.4 is 5.56 Å². The smallest absolute Gasteiger partial charge is 0.263 e. The third-order valence-electron chi connectivity index (χ3n) is 5.11. The van der Waals surface area contributed by atoms with Crippen LogP contribution in [0, 0.1) is 19.8 Å². The minimum absolute atomic E-state index is 0.0413. The Bertz CT molecular complexity index is 890. The zero-order valence-corrected chi connectivity index (χ0v) is 18.0. The molecule has 0 bridgehead atoms. The third-order valence-corrected chi connectivity index (χ3v) is 7.17. The topological polar surface area (TPSA) is 64.4 Å². The number of carbonyl (C=O) groups excluding carboxylic acids is 1. The lowest BCUT2D eigenvalue weighted by atomic mass is 10.0. The zero-order valence-electron chi connectivity index (χ0n) is 16.4. The molecule has 3 heterocycles. The second-order valence-electron chi connectivity index (χ2n) is 7.18. The number of fused-ring (bicyclic) bond motifs is 1. The average molecular weight is 410 g/mol. The number of thiophene rings is 1. The molecule has 0 N–H and O–H groups in total. The number of hydrogen-bond acceptors (Lipinski definition) is 6. The highest BCUT2D eigenvalue weighted by molar-refractivity contribution is 7.99. The van der Waals surface area contributed by atoms with Crippen molar-refractivity contribution < 1.29 is 9.53 Å². The van der Waals surface area contributed by atoms with Gasteiger partial charge in [-0.1, -0.05) is 18.7 Å². The fourth-order valence-electron chi connectivity index (χ4n) is 3.43. The molecule has 0 aromatic carbocycles. The molecule has 0 aliphatic carbocycles. The van der Waals surface area contributed by atoms with Crippen molar-refractivity contribution in [2.45, 2.75) is 45.3 Å². The summed E-state index contributed by atoms with van der Waals surface area (Å²) in [5.41, 5.74) is 0.953. The summed E-state index contributed by atoms with van der Waals surface area (Å²) in [4.78, 5) is 34.2. The van der Waals surface area contributed by atoms with E-state index in [2.05, 4.69) is 6.92 Å². The number of hydrogen-bond donors (Lipinski definition) is 0. The van der Waals surface area contributed by atoms with Crippen molar-refractivity contribution >= 4 is 39.2 Å². The molecule has 148 valence electrons. The summed E-state index contributed by atoms with van der Waals surface area (Å²) in [6, 6.07) is 0. The molecule has 1 aliphatic rings. The van der Waals surface area contributed by atoms with Crippen LogP contribution in [0.4, 0.5) is 0 Å². The van der Waals surface area contributed by atoms with Crippen LogP contribution in [0.15, 0.2) is 9.95 Å². The second-order valence-corrected chi connectivity index (χ2v) is 9.33. The zero-order chi connectivity index (χ0) is 19.6. The summed E-state index contributed by atoms with van der Waals surface area (Å²) >= 11 is 2.89. The van der Waals surface area contributed by atoms with E-state index in [0.717, 1.165) is 34.8 Å². The van der Waals surface area contributed by atoms with Gasteiger partial charge in [0.25, 0.3) is 5.56 Å². The number of rotatable bonds is 6. The number of piperidine rings is 1. The number of thioether (sulfide) groups is 1. The fourth-order valence-corrected chi connectivity index (χ4v) is 5.43. The largest absolute Gasteiger partial charge is 0.383 e. The van der Waals surface area contributed by atoms with E-state index in [0.29, 0.717) is 35.4 Å². The van der Waals surface area contributed by atoms with Crippen LogP contribution in [0.1, 0.15) is 30.2 Å². The Labute approximate surface area is 167 Å². The summed E-state index contributed by atoms with van der Waals surface area (Å²) < 4.78 is 6.82. The van der Waals surface area contributed by atoms with Gasteiger partial charge in [-0.3, -0.25) is 14.2 Å². The van der Waals surface area contributed by atoms with Crippen LogP contribution in [0.3, 0.4) is 0 Å². The summed E-state index contributed by atoms with van der Waals surface area (Å²) in [7, 11) is 1.62. The molecule has 2 aromatic heterocycles. The van der Waals surface area contributed by atoms with Gasteiger partial charge in [-0.2, -0.15) is 0 Å². The van der Waals surface area contributed by atoms with E-state index in [1.807, 2.05) is 18.7 Å². The molecule has 3 rings (SSSR count). The molecule has 0 radical (unpaired) electrons. The van der Waals surface area contributed by atoms with Gasteiger partial charge in [0.15, 0.2) is 5.16 Å². The Morgan fingerprint density at radius 1 is 1.41 bits per heavy atom. The van der Waals surface area contributed by atoms with Crippen molar-refractivity contribution in [3.05, 3.63) is 20.8 Å². The van der Waals surface area contributed by atoms with Crippen LogP contribution in [0.5, 0.6) is 0 Å². The number of amides is 1. The molecule has 1 amide bonds. The van der Waals surface area contributed by atoms with Crippen molar-refractivity contribution in [1.29, 1.82) is 0 Å². The molecule has 1 fully saturated rings. The lowest BCUT2D eigenvalue weighted by molar-refractivity contribution is -0.130. The number of carbonyl (C=O) groups is 1. The molecule has 0 saturated carbocycles. The summed E-state index contributed by atoms with van der Waals surface area (Å²) in [5, 5.41) is 1.29. The maximum atomic E-state index is 13.0. The Balaban J connectivity index is 1.86. The Morgan fingerprint density at radius 2 is 2.19 bits per heavy atom. The number of aromatic nitrogens is 2. The maximum Gasteiger partial charge on any atom is 0.263 e. The van der Waals surface area contributed by atoms with E-state index < -0.39 is 0 Å². The lowest BCUT2D eigenvalue weighted by Gasteiger charge is -2.30. The predicted octanol–water partition coefficient (Wildman–Crippen LogP) is 3.07. The lowest BCUT2D eigenvalue weighted by Crippen LogP contribution is -2.40. The van der Waals surface area contributed by atoms with Crippen molar-refractivity contribution in [1.82, 2.24) is 14.5 Å². The van der Waals surface area contributed by atoms with E-state index in [-0.39, 0.29) is 11.5 Å². The van der Waals surface area contributed by atoms with Gasteiger partial charge in [-0.15, -0.1) is 11.3 Å². The molecule has 1 atom stereocenters. The monoisotopic (exact) mass is 409 g/mol. The highest BCUT2D eigenvalue weighted by Gasteiger charge is 2.22. The molecule has 0 unspecified atom stereocenters. The van der Waals surface area contributed by atoms with Crippen molar-refractivity contribution in [3.63, 3.8) is 0 Å². The van der Waals surface area contributed by atoms with Gasteiger partial charge in [-0.25, -0.2) is 4.98 Å². The third kappa shape index (κ3) is 4.38. The predicted molar refractivity (Wildman–Crippen MR) is 111 cm³/mol. The highest BCUT2D eigenvalue weighted by Crippen LogP contribution is 2.28. The molecule has 8 heteroatoms. The minimum Gasteiger partial charge on any atom is -0.383 e. The highest BCUT2D eigenvalue weighted by atomic mass is 32.2. The Kier molecular flexibility index (Phi) is 6.60. The summed E-state index contributed by atoms with van der Waals surface area (Å²) in [6.45, 7) is 8.68. The first-order valence-electron chi connectivity index (χ1n) is 9.32. The number of likely N-dealkylation sites (tertiary alicyclic amines) is 1. The summed E-state index contributed by atoms with van der Waals surface area (Å²) in [6.07, 6.45) is 2.25. The second kappa shape index (κ2) is 8.75. The van der Waals surface area contributed by atoms with Gasteiger partial charge in [0.2, 0.25) is 5.91 Å². The maximum absolute atomic E-state index is 13.0. The summed E-state index contributed by atoms with van der Waals surface area (Å²) in [5.74, 6) is 0.984. The van der Waals surface area contributed by atoms with Crippen molar-refractivity contribution in [2.75, 3.05) is 32.6 Å². The van der Waals surface area contributed by atoms with Gasteiger partial charge in [0.1, 0.15) is 4.83 Å². The number of ether oxygens (including phenoxy) is 1. The van der Waals surface area contributed by atoms with E-state index in [1.54, 1.807) is 11.7 Å².